The number of rotatable bonds is 14. The highest BCUT2D eigenvalue weighted by atomic mass is 35.5. The van der Waals surface area contributed by atoms with Gasteiger partial charge in [0.25, 0.3) is 0 Å². The molecular weight excluding hydrogens is 540 g/mol. The number of aryl methyl sites for hydroxylation is 3. The number of nitrogens with two attached hydrogens (primary N) is 1. The number of halogens is 1. The number of amidine groups is 1. The minimum Gasteiger partial charge on any atom is -0.379 e. The first-order valence-corrected chi connectivity index (χ1v) is 16.2. The Kier molecular flexibility index (Phi) is 15.5. The highest BCUT2D eigenvalue weighted by molar-refractivity contribution is 8.14. The first-order valence-electron chi connectivity index (χ1n) is 11.2. The van der Waals surface area contributed by atoms with Gasteiger partial charge in [-0.2, -0.15) is 35.3 Å². The molecule has 35 heavy (non-hydrogen) atoms. The molecule has 194 valence electrons. The van der Waals surface area contributed by atoms with E-state index >= 15 is 0 Å². The zero-order valence-corrected chi connectivity index (χ0v) is 24.5. The zero-order chi connectivity index (χ0) is 25.3. The molecule has 0 aliphatic rings. The number of imidazole rings is 3. The number of hydrogen-bond acceptors (Lipinski definition) is 8. The summed E-state index contributed by atoms with van der Waals surface area (Å²) < 4.78 is 0. The Morgan fingerprint density at radius 2 is 1.23 bits per heavy atom. The van der Waals surface area contributed by atoms with E-state index in [0.717, 1.165) is 81.0 Å². The molecule has 5 N–H and O–H groups in total. The molecule has 0 radical (unpaired) electrons. The maximum Gasteiger partial charge on any atom is 0.153 e. The van der Waals surface area contributed by atoms with Crippen molar-refractivity contribution in [3.8, 4) is 0 Å². The summed E-state index contributed by atoms with van der Waals surface area (Å²) in [5, 5.41) is 0.683. The van der Waals surface area contributed by atoms with Gasteiger partial charge < -0.3 is 20.7 Å². The molecular formula is C22H35ClN8S4. The summed E-state index contributed by atoms with van der Waals surface area (Å²) in [4.78, 5) is 26.4. The van der Waals surface area contributed by atoms with Gasteiger partial charge in [-0.15, -0.1) is 11.6 Å². The number of aromatic nitrogens is 6. The minimum absolute atomic E-state index is 0.683. The van der Waals surface area contributed by atoms with Gasteiger partial charge in [0, 0.05) is 63.2 Å². The van der Waals surface area contributed by atoms with Gasteiger partial charge in [-0.3, -0.25) is 4.99 Å². The van der Waals surface area contributed by atoms with Crippen molar-refractivity contribution in [1.82, 2.24) is 29.9 Å². The molecule has 3 rings (SSSR count). The fourth-order valence-corrected chi connectivity index (χ4v) is 6.37. The first kappa shape index (κ1) is 30.0. The fraction of sp³-hybridized carbons (Fsp3) is 0.545. The molecule has 0 fully saturated rings. The SMILES string of the molecule is Cc1[nH]cnc1CSCCCl.Cc1[nH]cnc1CSCCN=C(N)SCCSCc1nc[nH]c1C. The van der Waals surface area contributed by atoms with Crippen LogP contribution in [0.25, 0.3) is 0 Å². The largest absolute Gasteiger partial charge is 0.379 e. The number of alkyl halides is 1. The molecule has 0 unspecified atom stereocenters. The van der Waals surface area contributed by atoms with Gasteiger partial charge >= 0.3 is 0 Å². The number of nitrogens with one attached hydrogen (secondary N) is 3. The maximum atomic E-state index is 5.94. The predicted octanol–water partition coefficient (Wildman–Crippen LogP) is 5.15. The highest BCUT2D eigenvalue weighted by Gasteiger charge is 2.02. The Morgan fingerprint density at radius 3 is 1.66 bits per heavy atom. The molecule has 0 saturated carbocycles. The van der Waals surface area contributed by atoms with Crippen molar-refractivity contribution in [2.75, 3.05) is 35.4 Å². The van der Waals surface area contributed by atoms with Crippen molar-refractivity contribution in [1.29, 1.82) is 0 Å². The smallest absolute Gasteiger partial charge is 0.153 e. The van der Waals surface area contributed by atoms with Gasteiger partial charge in [0.05, 0.1) is 42.6 Å². The van der Waals surface area contributed by atoms with Crippen LogP contribution in [0.3, 0.4) is 0 Å². The van der Waals surface area contributed by atoms with Crippen molar-refractivity contribution >= 4 is 63.8 Å². The van der Waals surface area contributed by atoms with E-state index < -0.39 is 0 Å². The van der Waals surface area contributed by atoms with Crippen molar-refractivity contribution < 1.29 is 0 Å². The summed E-state index contributed by atoms with van der Waals surface area (Å²) in [7, 11) is 0. The van der Waals surface area contributed by atoms with E-state index in [1.807, 2.05) is 56.1 Å². The van der Waals surface area contributed by atoms with Crippen molar-refractivity contribution in [3.05, 3.63) is 53.1 Å². The van der Waals surface area contributed by atoms with Crippen LogP contribution < -0.4 is 5.73 Å². The molecule has 0 saturated heterocycles. The molecule has 0 aromatic carbocycles. The van der Waals surface area contributed by atoms with E-state index in [0.29, 0.717) is 11.0 Å². The molecule has 0 amide bonds. The van der Waals surface area contributed by atoms with E-state index in [1.54, 1.807) is 30.7 Å². The molecule has 0 atom stereocenters. The van der Waals surface area contributed by atoms with E-state index in [1.165, 1.54) is 0 Å². The van der Waals surface area contributed by atoms with E-state index in [2.05, 4.69) is 34.9 Å². The quantitative estimate of drug-likeness (QED) is 0.0901. The van der Waals surface area contributed by atoms with Crippen LogP contribution in [0.15, 0.2) is 24.0 Å². The molecule has 13 heteroatoms. The molecule has 0 aliphatic carbocycles. The number of H-pyrrole nitrogens is 3. The van der Waals surface area contributed by atoms with Crippen LogP contribution in [-0.2, 0) is 17.3 Å². The van der Waals surface area contributed by atoms with Crippen molar-refractivity contribution in [3.63, 3.8) is 0 Å². The zero-order valence-electron chi connectivity index (χ0n) is 20.5. The van der Waals surface area contributed by atoms with Crippen LogP contribution >= 0.6 is 58.6 Å². The Labute approximate surface area is 230 Å². The topological polar surface area (TPSA) is 124 Å². The number of aliphatic imine (C=N–C) groups is 1. The van der Waals surface area contributed by atoms with Crippen LogP contribution in [0.2, 0.25) is 0 Å². The highest BCUT2D eigenvalue weighted by Crippen LogP contribution is 2.15. The minimum atomic E-state index is 0.683. The van der Waals surface area contributed by atoms with Gasteiger partial charge in [0.2, 0.25) is 0 Å². The number of thioether (sulfide) groups is 4. The standard InChI is InChI=1S/C15H24N6S3.C7H11ClN2S/c1-11-13(20-9-18-11)7-22-4-3-17-15(16)24-6-5-23-8-14-12(2)19-10-21-14;1-6-7(10-5-9-6)4-11-3-2-8/h9-10H,3-8H2,1-2H3,(H2,16,17)(H,18,20)(H,19,21);5H,2-4H2,1H3,(H,9,10). The summed E-state index contributed by atoms with van der Waals surface area (Å²) in [5.74, 6) is 7.51. The monoisotopic (exact) mass is 574 g/mol. The summed E-state index contributed by atoms with van der Waals surface area (Å²) in [5.41, 5.74) is 12.8. The van der Waals surface area contributed by atoms with Gasteiger partial charge in [-0.25, -0.2) is 15.0 Å². The average molecular weight is 575 g/mol. The second-order valence-electron chi connectivity index (χ2n) is 7.34. The molecule has 0 spiro atoms. The second kappa shape index (κ2) is 18.1. The third kappa shape index (κ3) is 12.5. The van der Waals surface area contributed by atoms with Gasteiger partial charge in [0.1, 0.15) is 0 Å². The summed E-state index contributed by atoms with van der Waals surface area (Å²) in [6.45, 7) is 6.88. The average Bonchev–Trinajstić information content (AvgIpc) is 3.56. The fourth-order valence-electron chi connectivity index (χ4n) is 2.63. The van der Waals surface area contributed by atoms with E-state index in [9.17, 15) is 0 Å². The van der Waals surface area contributed by atoms with Crippen molar-refractivity contribution in [2.45, 2.75) is 38.0 Å². The van der Waals surface area contributed by atoms with Crippen LogP contribution in [0.5, 0.6) is 0 Å². The van der Waals surface area contributed by atoms with Crippen LogP contribution in [-0.4, -0.2) is 70.5 Å². The molecule has 3 heterocycles. The van der Waals surface area contributed by atoms with Crippen molar-refractivity contribution in [2.24, 2.45) is 10.7 Å². The normalized spacial score (nSPS) is 11.5. The van der Waals surface area contributed by atoms with E-state index in [4.69, 9.17) is 17.3 Å². The summed E-state index contributed by atoms with van der Waals surface area (Å²) >= 11 is 12.7. The lowest BCUT2D eigenvalue weighted by Gasteiger charge is -2.02. The Bertz CT molecular complexity index is 988. The predicted molar refractivity (Wildman–Crippen MR) is 158 cm³/mol. The Morgan fingerprint density at radius 1 is 0.771 bits per heavy atom. The Hall–Kier alpha value is -1.21. The lowest BCUT2D eigenvalue weighted by Crippen LogP contribution is -2.09. The summed E-state index contributed by atoms with van der Waals surface area (Å²) in [6, 6.07) is 0. The third-order valence-electron chi connectivity index (χ3n) is 4.72. The van der Waals surface area contributed by atoms with Gasteiger partial charge in [-0.05, 0) is 20.8 Å². The lowest BCUT2D eigenvalue weighted by atomic mass is 10.4. The molecule has 0 aliphatic heterocycles. The Balaban J connectivity index is 0.000000328. The third-order valence-corrected chi connectivity index (χ3v) is 9.12. The van der Waals surface area contributed by atoms with Crippen LogP contribution in [0.1, 0.15) is 34.2 Å². The molecule has 8 nitrogen and oxygen atoms in total. The molecule has 3 aromatic rings. The van der Waals surface area contributed by atoms with Crippen LogP contribution in [0.4, 0.5) is 0 Å². The first-order chi connectivity index (χ1) is 17.0. The summed E-state index contributed by atoms with van der Waals surface area (Å²) in [6.07, 6.45) is 5.21. The van der Waals surface area contributed by atoms with Gasteiger partial charge in [0.15, 0.2) is 5.17 Å². The number of hydrogen-bond donors (Lipinski definition) is 4. The maximum absolute atomic E-state index is 5.94. The second-order valence-corrected chi connectivity index (χ2v) is 12.1. The number of nitrogens with zero attached hydrogens (tertiary/aromatic N) is 4. The van der Waals surface area contributed by atoms with Crippen LogP contribution in [0, 0.1) is 20.8 Å². The van der Waals surface area contributed by atoms with E-state index in [-0.39, 0.29) is 0 Å². The van der Waals surface area contributed by atoms with Gasteiger partial charge in [-0.1, -0.05) is 11.8 Å². The molecule has 0 bridgehead atoms. The molecule has 3 aromatic heterocycles. The number of aromatic amines is 3. The lowest BCUT2D eigenvalue weighted by molar-refractivity contribution is 1.13.